The number of H-pyrrole nitrogens is 1. The summed E-state index contributed by atoms with van der Waals surface area (Å²) in [5, 5.41) is 7.16. The summed E-state index contributed by atoms with van der Waals surface area (Å²) in [5.74, 6) is 2.30. The molecular formula is C17H20N6. The molecule has 0 fully saturated rings. The Balaban J connectivity index is 1.81. The van der Waals surface area contributed by atoms with Crippen LogP contribution in [0.4, 0.5) is 11.8 Å². The van der Waals surface area contributed by atoms with Crippen LogP contribution in [-0.2, 0) is 6.54 Å². The molecule has 0 saturated heterocycles. The lowest BCUT2D eigenvalue weighted by Crippen LogP contribution is -2.17. The molecule has 118 valence electrons. The van der Waals surface area contributed by atoms with Crippen LogP contribution in [0.1, 0.15) is 5.56 Å². The van der Waals surface area contributed by atoms with Crippen LogP contribution in [-0.4, -0.2) is 41.3 Å². The van der Waals surface area contributed by atoms with Gasteiger partial charge in [0.1, 0.15) is 5.82 Å². The van der Waals surface area contributed by atoms with Crippen molar-refractivity contribution in [1.29, 1.82) is 0 Å². The third-order valence-electron chi connectivity index (χ3n) is 3.55. The molecule has 6 heteroatoms. The Labute approximate surface area is 135 Å². The summed E-state index contributed by atoms with van der Waals surface area (Å²) in [6, 6.07) is 14.3. The van der Waals surface area contributed by atoms with Crippen molar-refractivity contribution in [2.75, 3.05) is 30.9 Å². The third-order valence-corrected chi connectivity index (χ3v) is 3.55. The number of benzene rings is 1. The van der Waals surface area contributed by atoms with E-state index in [1.165, 1.54) is 5.56 Å². The standard InChI is InChI=1S/C17H20N6/c1-22(2)17-19-16(20-21-17)14-9-10-18-15(11-14)23(3)12-13-7-5-4-6-8-13/h4-11H,12H2,1-3H3,(H,19,20,21). The Morgan fingerprint density at radius 1 is 1.04 bits per heavy atom. The van der Waals surface area contributed by atoms with Gasteiger partial charge in [0.2, 0.25) is 5.95 Å². The minimum absolute atomic E-state index is 0.663. The van der Waals surface area contributed by atoms with E-state index in [1.807, 2.05) is 56.4 Å². The van der Waals surface area contributed by atoms with Gasteiger partial charge in [-0.25, -0.2) is 4.98 Å². The van der Waals surface area contributed by atoms with Gasteiger partial charge < -0.3 is 9.80 Å². The van der Waals surface area contributed by atoms with Crippen LogP contribution >= 0.6 is 0 Å². The second-order valence-corrected chi connectivity index (χ2v) is 5.62. The van der Waals surface area contributed by atoms with Crippen molar-refractivity contribution in [3.63, 3.8) is 0 Å². The van der Waals surface area contributed by atoms with Gasteiger partial charge in [-0.1, -0.05) is 30.3 Å². The summed E-state index contributed by atoms with van der Waals surface area (Å²) in [4.78, 5) is 12.9. The maximum atomic E-state index is 4.48. The van der Waals surface area contributed by atoms with Gasteiger partial charge in [-0.15, -0.1) is 5.10 Å². The molecule has 3 rings (SSSR count). The van der Waals surface area contributed by atoms with Crippen LogP contribution in [0.3, 0.4) is 0 Å². The zero-order chi connectivity index (χ0) is 16.2. The number of anilines is 2. The van der Waals surface area contributed by atoms with Gasteiger partial charge in [-0.3, -0.25) is 5.10 Å². The van der Waals surface area contributed by atoms with Crippen molar-refractivity contribution in [1.82, 2.24) is 20.2 Å². The summed E-state index contributed by atoms with van der Waals surface area (Å²) in [6.45, 7) is 0.802. The highest BCUT2D eigenvalue weighted by Crippen LogP contribution is 2.21. The Hall–Kier alpha value is -2.89. The number of nitrogens with one attached hydrogen (secondary N) is 1. The molecule has 0 aliphatic carbocycles. The van der Waals surface area contributed by atoms with Crippen molar-refractivity contribution < 1.29 is 0 Å². The van der Waals surface area contributed by atoms with Gasteiger partial charge in [-0.05, 0) is 17.7 Å². The molecule has 0 amide bonds. The second-order valence-electron chi connectivity index (χ2n) is 5.62. The number of aromatic nitrogens is 4. The van der Waals surface area contributed by atoms with E-state index in [9.17, 15) is 0 Å². The predicted molar refractivity (Wildman–Crippen MR) is 92.5 cm³/mol. The van der Waals surface area contributed by atoms with Gasteiger partial charge in [0.15, 0.2) is 5.82 Å². The number of hydrogen-bond acceptors (Lipinski definition) is 5. The molecule has 0 aliphatic rings. The van der Waals surface area contributed by atoms with E-state index in [-0.39, 0.29) is 0 Å². The fraction of sp³-hybridized carbons (Fsp3) is 0.235. The van der Waals surface area contributed by atoms with Crippen molar-refractivity contribution in [2.24, 2.45) is 0 Å². The van der Waals surface area contributed by atoms with Gasteiger partial charge in [0, 0.05) is 39.4 Å². The minimum atomic E-state index is 0.663. The molecule has 0 spiro atoms. The van der Waals surface area contributed by atoms with E-state index < -0.39 is 0 Å². The molecular weight excluding hydrogens is 288 g/mol. The Kier molecular flexibility index (Phi) is 4.23. The SMILES string of the molecule is CN(C)c1n[nH]c(-c2ccnc(N(C)Cc3ccccc3)c2)n1. The molecule has 2 aromatic heterocycles. The number of nitrogens with zero attached hydrogens (tertiary/aromatic N) is 5. The smallest absolute Gasteiger partial charge is 0.244 e. The Bertz CT molecular complexity index is 766. The maximum absolute atomic E-state index is 4.48. The first-order valence-corrected chi connectivity index (χ1v) is 7.44. The van der Waals surface area contributed by atoms with Crippen molar-refractivity contribution in [3.05, 3.63) is 54.2 Å². The third kappa shape index (κ3) is 3.48. The van der Waals surface area contributed by atoms with Crippen molar-refractivity contribution >= 4 is 11.8 Å². The molecule has 0 radical (unpaired) electrons. The molecule has 2 heterocycles. The zero-order valence-electron chi connectivity index (χ0n) is 13.6. The highest BCUT2D eigenvalue weighted by Gasteiger charge is 2.10. The first-order chi connectivity index (χ1) is 11.1. The second kappa shape index (κ2) is 6.48. The van der Waals surface area contributed by atoms with Gasteiger partial charge in [-0.2, -0.15) is 4.98 Å². The molecule has 0 saturated carbocycles. The summed E-state index contributed by atoms with van der Waals surface area (Å²) < 4.78 is 0. The summed E-state index contributed by atoms with van der Waals surface area (Å²) in [5.41, 5.74) is 2.22. The average molecular weight is 308 g/mol. The van der Waals surface area contributed by atoms with Gasteiger partial charge >= 0.3 is 0 Å². The van der Waals surface area contributed by atoms with Crippen LogP contribution in [0.2, 0.25) is 0 Å². The van der Waals surface area contributed by atoms with E-state index >= 15 is 0 Å². The molecule has 0 atom stereocenters. The lowest BCUT2D eigenvalue weighted by Gasteiger charge is -2.18. The van der Waals surface area contributed by atoms with Crippen LogP contribution in [0.25, 0.3) is 11.4 Å². The fourth-order valence-corrected chi connectivity index (χ4v) is 2.29. The summed E-state index contributed by atoms with van der Waals surface area (Å²) >= 11 is 0. The van der Waals surface area contributed by atoms with Gasteiger partial charge in [0.25, 0.3) is 0 Å². The summed E-state index contributed by atoms with van der Waals surface area (Å²) in [7, 11) is 5.86. The van der Waals surface area contributed by atoms with Crippen LogP contribution in [0.15, 0.2) is 48.7 Å². The van der Waals surface area contributed by atoms with Crippen LogP contribution in [0.5, 0.6) is 0 Å². The van der Waals surface area contributed by atoms with Crippen LogP contribution in [0, 0.1) is 0 Å². The lowest BCUT2D eigenvalue weighted by molar-refractivity contribution is 0.898. The molecule has 0 unspecified atom stereocenters. The molecule has 0 bridgehead atoms. The average Bonchev–Trinajstić information content (AvgIpc) is 3.06. The molecule has 3 aromatic rings. The monoisotopic (exact) mass is 308 g/mol. The number of hydrogen-bond donors (Lipinski definition) is 1. The number of pyridine rings is 1. The molecule has 23 heavy (non-hydrogen) atoms. The van der Waals surface area contributed by atoms with Gasteiger partial charge in [0.05, 0.1) is 0 Å². The normalized spacial score (nSPS) is 10.6. The predicted octanol–water partition coefficient (Wildman–Crippen LogP) is 2.57. The van der Waals surface area contributed by atoms with E-state index in [0.717, 1.165) is 23.8 Å². The van der Waals surface area contributed by atoms with Crippen LogP contribution < -0.4 is 9.80 Å². The molecule has 1 N–H and O–H groups in total. The number of aromatic amines is 1. The topological polar surface area (TPSA) is 60.9 Å². The maximum Gasteiger partial charge on any atom is 0.244 e. The highest BCUT2D eigenvalue weighted by atomic mass is 15.3. The van der Waals surface area contributed by atoms with E-state index in [4.69, 9.17) is 0 Å². The molecule has 0 aliphatic heterocycles. The minimum Gasteiger partial charge on any atom is -0.355 e. The fourth-order valence-electron chi connectivity index (χ4n) is 2.29. The van der Waals surface area contributed by atoms with E-state index in [2.05, 4.69) is 37.2 Å². The van der Waals surface area contributed by atoms with E-state index in [1.54, 1.807) is 6.20 Å². The lowest BCUT2D eigenvalue weighted by atomic mass is 10.2. The largest absolute Gasteiger partial charge is 0.355 e. The van der Waals surface area contributed by atoms with E-state index in [0.29, 0.717) is 5.95 Å². The summed E-state index contributed by atoms with van der Waals surface area (Å²) in [6.07, 6.45) is 1.80. The highest BCUT2D eigenvalue weighted by molar-refractivity contribution is 5.61. The van der Waals surface area contributed by atoms with Crippen molar-refractivity contribution in [2.45, 2.75) is 6.54 Å². The molecule has 1 aromatic carbocycles. The van der Waals surface area contributed by atoms with Crippen molar-refractivity contribution in [3.8, 4) is 11.4 Å². The zero-order valence-corrected chi connectivity index (χ0v) is 13.6. The first kappa shape index (κ1) is 15.0. The first-order valence-electron chi connectivity index (χ1n) is 7.44. The quantitative estimate of drug-likeness (QED) is 0.785. The molecule has 6 nitrogen and oxygen atoms in total. The Morgan fingerprint density at radius 3 is 2.52 bits per heavy atom. The Morgan fingerprint density at radius 2 is 1.83 bits per heavy atom. The number of rotatable bonds is 5.